The molecule has 0 atom stereocenters. The maximum absolute atomic E-state index is 15.3. The minimum absolute atomic E-state index is 0.217. The van der Waals surface area contributed by atoms with Crippen molar-refractivity contribution in [3.63, 3.8) is 0 Å². The maximum atomic E-state index is 15.3. The van der Waals surface area contributed by atoms with Crippen LogP contribution in [0.4, 0.5) is 10.3 Å². The third-order valence-electron chi connectivity index (χ3n) is 7.61. The fraction of sp³-hybridized carbons (Fsp3) is 0.556. The minimum atomic E-state index is -3.94. The lowest BCUT2D eigenvalue weighted by Gasteiger charge is -2.26. The van der Waals surface area contributed by atoms with E-state index in [2.05, 4.69) is 21.8 Å². The van der Waals surface area contributed by atoms with Gasteiger partial charge in [-0.3, -0.25) is 0 Å². The summed E-state index contributed by atoms with van der Waals surface area (Å²) >= 11 is 0. The van der Waals surface area contributed by atoms with Crippen LogP contribution in [0.5, 0.6) is 0 Å². The molecule has 0 bridgehead atoms. The average molecular weight is 545 g/mol. The van der Waals surface area contributed by atoms with Gasteiger partial charge in [-0.25, -0.2) is 17.8 Å². The van der Waals surface area contributed by atoms with Gasteiger partial charge in [0.25, 0.3) is 0 Å². The number of benzene rings is 1. The lowest BCUT2D eigenvalue weighted by atomic mass is 9.86. The Morgan fingerprint density at radius 1 is 1.18 bits per heavy atom. The second-order valence-electron chi connectivity index (χ2n) is 10.3. The molecule has 0 radical (unpaired) electrons. The zero-order valence-corrected chi connectivity index (χ0v) is 22.7. The van der Waals surface area contributed by atoms with E-state index in [-0.39, 0.29) is 24.0 Å². The van der Waals surface area contributed by atoms with Gasteiger partial charge in [0, 0.05) is 55.6 Å². The van der Waals surface area contributed by atoms with Gasteiger partial charge in [0.05, 0.1) is 13.2 Å². The van der Waals surface area contributed by atoms with Crippen LogP contribution in [0, 0.1) is 11.7 Å². The summed E-state index contributed by atoms with van der Waals surface area (Å²) in [7, 11) is -3.94. The van der Waals surface area contributed by atoms with E-state index in [1.807, 2.05) is 6.20 Å². The van der Waals surface area contributed by atoms with Gasteiger partial charge in [-0.15, -0.1) is 0 Å². The number of unbranched alkanes of at least 4 members (excludes halogenated alkanes) is 1. The van der Waals surface area contributed by atoms with Crippen LogP contribution in [0.25, 0.3) is 22.2 Å². The summed E-state index contributed by atoms with van der Waals surface area (Å²) in [6, 6.07) is 4.61. The number of halogens is 1. The molecule has 2 aliphatic rings. The van der Waals surface area contributed by atoms with Crippen molar-refractivity contribution in [2.24, 2.45) is 11.7 Å². The Labute approximate surface area is 223 Å². The number of nitrogens with zero attached hydrogens (tertiary/aromatic N) is 4. The molecule has 2 aromatic heterocycles. The number of morpholine rings is 1. The number of rotatable bonds is 9. The molecule has 38 heavy (non-hydrogen) atoms. The Morgan fingerprint density at radius 3 is 2.66 bits per heavy atom. The van der Waals surface area contributed by atoms with Crippen LogP contribution < -0.4 is 11.1 Å². The number of ether oxygens (including phenoxy) is 1. The van der Waals surface area contributed by atoms with E-state index in [9.17, 15) is 8.42 Å². The number of hydrogen-bond acceptors (Lipinski definition) is 7. The van der Waals surface area contributed by atoms with Crippen molar-refractivity contribution in [3.05, 3.63) is 36.4 Å². The van der Waals surface area contributed by atoms with Crippen LogP contribution in [0.15, 0.2) is 35.5 Å². The molecule has 1 saturated carbocycles. The van der Waals surface area contributed by atoms with Crippen LogP contribution >= 0.6 is 0 Å². The monoisotopic (exact) mass is 544 g/mol. The fourth-order valence-corrected chi connectivity index (χ4v) is 6.81. The van der Waals surface area contributed by atoms with Crippen molar-refractivity contribution < 1.29 is 17.5 Å². The van der Waals surface area contributed by atoms with Gasteiger partial charge >= 0.3 is 0 Å². The molecule has 1 saturated heterocycles. The average Bonchev–Trinajstić information content (AvgIpc) is 3.28. The molecule has 1 aliphatic heterocycles. The Hall–Kier alpha value is -2.60. The number of fused-ring (bicyclic) bond motifs is 1. The highest BCUT2D eigenvalue weighted by molar-refractivity contribution is 7.89. The topological polar surface area (TPSA) is 115 Å². The van der Waals surface area contributed by atoms with E-state index in [4.69, 9.17) is 15.5 Å². The van der Waals surface area contributed by atoms with Crippen LogP contribution in [0.1, 0.15) is 45.4 Å². The molecule has 0 spiro atoms. The first-order valence-corrected chi connectivity index (χ1v) is 15.0. The predicted molar refractivity (Wildman–Crippen MR) is 146 cm³/mol. The molecule has 0 unspecified atom stereocenters. The van der Waals surface area contributed by atoms with Gasteiger partial charge in [-0.1, -0.05) is 19.4 Å². The van der Waals surface area contributed by atoms with Gasteiger partial charge in [-0.05, 0) is 55.7 Å². The molecule has 3 heterocycles. The Kier molecular flexibility index (Phi) is 8.27. The molecule has 2 fully saturated rings. The zero-order valence-electron chi connectivity index (χ0n) is 21.9. The summed E-state index contributed by atoms with van der Waals surface area (Å²) in [6.45, 7) is 4.77. The first-order valence-electron chi connectivity index (χ1n) is 13.6. The van der Waals surface area contributed by atoms with Crippen LogP contribution in [0.2, 0.25) is 0 Å². The first kappa shape index (κ1) is 27.0. The van der Waals surface area contributed by atoms with E-state index in [1.165, 1.54) is 16.4 Å². The smallest absolute Gasteiger partial charge is 0.246 e. The van der Waals surface area contributed by atoms with Crippen molar-refractivity contribution in [1.29, 1.82) is 0 Å². The summed E-state index contributed by atoms with van der Waals surface area (Å²) in [6.07, 6.45) is 10.0. The molecule has 5 rings (SSSR count). The van der Waals surface area contributed by atoms with Gasteiger partial charge in [-0.2, -0.15) is 9.29 Å². The standard InChI is InChI=1S/C27H37FN6O3S/c1-2-3-10-30-27-31-16-22-23(18-33(26(22)32-27)17-19-4-7-21(29)8-5-19)20-6-9-25(24(28)15-20)38(35,36)34-11-13-37-14-12-34/h6,9,15-16,18-19,21H,2-5,7-8,10-14,17,29H2,1H3,(H,30,31,32)/t19-,21-. The van der Waals surface area contributed by atoms with Gasteiger partial charge < -0.3 is 20.4 Å². The van der Waals surface area contributed by atoms with E-state index in [0.717, 1.165) is 68.2 Å². The van der Waals surface area contributed by atoms with Crippen molar-refractivity contribution in [3.8, 4) is 11.1 Å². The second kappa shape index (κ2) is 11.6. The normalized spacial score (nSPS) is 21.1. The lowest BCUT2D eigenvalue weighted by molar-refractivity contribution is 0.0729. The Morgan fingerprint density at radius 2 is 1.95 bits per heavy atom. The largest absolute Gasteiger partial charge is 0.379 e. The van der Waals surface area contributed by atoms with Gasteiger partial charge in [0.1, 0.15) is 16.4 Å². The lowest BCUT2D eigenvalue weighted by Crippen LogP contribution is -2.40. The van der Waals surface area contributed by atoms with Crippen LogP contribution in [-0.4, -0.2) is 66.1 Å². The van der Waals surface area contributed by atoms with E-state index >= 15 is 4.39 Å². The van der Waals surface area contributed by atoms with Crippen LogP contribution in [0.3, 0.4) is 0 Å². The molecule has 1 aliphatic carbocycles. The third-order valence-corrected chi connectivity index (χ3v) is 9.54. The summed E-state index contributed by atoms with van der Waals surface area (Å²) in [5, 5.41) is 4.10. The van der Waals surface area contributed by atoms with Crippen molar-refractivity contribution >= 4 is 27.0 Å². The molecular formula is C27H37FN6O3S. The van der Waals surface area contributed by atoms with E-state index in [0.29, 0.717) is 30.6 Å². The molecule has 206 valence electrons. The first-order chi connectivity index (χ1) is 18.4. The molecule has 3 N–H and O–H groups in total. The SMILES string of the molecule is CCCCNc1ncc2c(-c3ccc(S(=O)(=O)N4CCOCC4)c(F)c3)cn(C[C@H]3CC[C@H](N)CC3)c2n1. The fourth-order valence-electron chi connectivity index (χ4n) is 5.35. The quantitative estimate of drug-likeness (QED) is 0.392. The zero-order chi connectivity index (χ0) is 26.7. The summed E-state index contributed by atoms with van der Waals surface area (Å²) in [5.41, 5.74) is 8.28. The van der Waals surface area contributed by atoms with E-state index in [1.54, 1.807) is 12.3 Å². The van der Waals surface area contributed by atoms with E-state index < -0.39 is 15.8 Å². The summed E-state index contributed by atoms with van der Waals surface area (Å²) < 4.78 is 50.1. The third kappa shape index (κ3) is 5.70. The highest BCUT2D eigenvalue weighted by Crippen LogP contribution is 2.34. The molecule has 0 amide bonds. The van der Waals surface area contributed by atoms with Crippen molar-refractivity contribution in [1.82, 2.24) is 18.8 Å². The number of nitrogens with one attached hydrogen (secondary N) is 1. The molecule has 3 aromatic rings. The Bertz CT molecular complexity index is 1360. The number of aromatic nitrogens is 3. The highest BCUT2D eigenvalue weighted by atomic mass is 32.2. The minimum Gasteiger partial charge on any atom is -0.379 e. The predicted octanol–water partition coefficient (Wildman–Crippen LogP) is 3.99. The highest BCUT2D eigenvalue weighted by Gasteiger charge is 2.29. The second-order valence-corrected chi connectivity index (χ2v) is 12.3. The molecule has 11 heteroatoms. The summed E-state index contributed by atoms with van der Waals surface area (Å²) in [4.78, 5) is 9.02. The number of hydrogen-bond donors (Lipinski definition) is 2. The summed E-state index contributed by atoms with van der Waals surface area (Å²) in [5.74, 6) is 0.290. The Balaban J connectivity index is 1.49. The molecular weight excluding hydrogens is 507 g/mol. The van der Waals surface area contributed by atoms with Gasteiger partial charge in [0.2, 0.25) is 16.0 Å². The molecule has 9 nitrogen and oxygen atoms in total. The van der Waals surface area contributed by atoms with Crippen LogP contribution in [-0.2, 0) is 21.3 Å². The number of nitrogens with two attached hydrogens (primary N) is 1. The van der Waals surface area contributed by atoms with Gasteiger partial charge in [0.15, 0.2) is 0 Å². The molecule has 1 aromatic carbocycles. The number of anilines is 1. The maximum Gasteiger partial charge on any atom is 0.246 e. The van der Waals surface area contributed by atoms with Crippen molar-refractivity contribution in [2.45, 2.75) is 62.9 Å². The number of sulfonamides is 1. The van der Waals surface area contributed by atoms with Crippen molar-refractivity contribution in [2.75, 3.05) is 38.2 Å².